The summed E-state index contributed by atoms with van der Waals surface area (Å²) in [6.45, 7) is 0. The van der Waals surface area contributed by atoms with Crippen LogP contribution in [0.25, 0.3) is 0 Å². The van der Waals surface area contributed by atoms with Gasteiger partial charge in [0.1, 0.15) is 11.5 Å². The summed E-state index contributed by atoms with van der Waals surface area (Å²) in [5.41, 5.74) is 4.21. The number of hydrazone groups is 1. The molecule has 30 heavy (non-hydrogen) atoms. The fraction of sp³-hybridized carbons (Fsp3) is 0.174. The summed E-state index contributed by atoms with van der Waals surface area (Å²) in [6.07, 6.45) is 0.448. The van der Waals surface area contributed by atoms with Crippen LogP contribution in [0.3, 0.4) is 0 Å². The Labute approximate surface area is 196 Å². The maximum atomic E-state index is 6.48. The van der Waals surface area contributed by atoms with Gasteiger partial charge in [0.15, 0.2) is 0 Å². The molecule has 0 N–H and O–H groups in total. The summed E-state index contributed by atoms with van der Waals surface area (Å²) in [7, 11) is 1.66. The maximum Gasteiger partial charge on any atom is 0.213 e. The second kappa shape index (κ2) is 7.91. The highest BCUT2D eigenvalue weighted by Crippen LogP contribution is 2.50. The first-order chi connectivity index (χ1) is 14.5. The Kier molecular flexibility index (Phi) is 5.25. The van der Waals surface area contributed by atoms with Crippen LogP contribution in [-0.2, 0) is 0 Å². The molecule has 152 valence electrons. The Morgan fingerprint density at radius 1 is 1.07 bits per heavy atom. The number of halogens is 3. The van der Waals surface area contributed by atoms with Crippen molar-refractivity contribution in [3.05, 3.63) is 91.3 Å². The van der Waals surface area contributed by atoms with E-state index in [9.17, 15) is 0 Å². The molecule has 5 rings (SSSR count). The highest BCUT2D eigenvalue weighted by molar-refractivity contribution is 9.11. The lowest BCUT2D eigenvalue weighted by molar-refractivity contribution is -0.0197. The highest BCUT2D eigenvalue weighted by atomic mass is 79.9. The minimum Gasteiger partial charge on any atom is -0.497 e. The molecule has 3 aromatic rings. The molecular formula is C23H17Br2ClN2O2. The Balaban J connectivity index is 1.60. The van der Waals surface area contributed by atoms with E-state index in [1.807, 2.05) is 54.6 Å². The molecule has 0 spiro atoms. The lowest BCUT2D eigenvalue weighted by atomic mass is 9.96. The van der Waals surface area contributed by atoms with Gasteiger partial charge in [-0.1, -0.05) is 39.7 Å². The third-order valence-corrected chi connectivity index (χ3v) is 6.69. The first-order valence-electron chi connectivity index (χ1n) is 9.45. The van der Waals surface area contributed by atoms with Crippen LogP contribution in [-0.4, -0.2) is 17.8 Å². The van der Waals surface area contributed by atoms with E-state index in [4.69, 9.17) is 26.2 Å². The number of methoxy groups -OCH3 is 1. The summed E-state index contributed by atoms with van der Waals surface area (Å²) in [5, 5.41) is 7.77. The zero-order chi connectivity index (χ0) is 20.8. The minimum atomic E-state index is -0.337. The second-order valence-electron chi connectivity index (χ2n) is 7.20. The van der Waals surface area contributed by atoms with Crippen molar-refractivity contribution < 1.29 is 9.47 Å². The lowest BCUT2D eigenvalue weighted by Crippen LogP contribution is -2.33. The van der Waals surface area contributed by atoms with Crippen LogP contribution >= 0.6 is 43.5 Å². The highest BCUT2D eigenvalue weighted by Gasteiger charge is 2.41. The van der Waals surface area contributed by atoms with Crippen LogP contribution in [0.5, 0.6) is 11.5 Å². The van der Waals surface area contributed by atoms with E-state index in [1.165, 1.54) is 0 Å². The smallest absolute Gasteiger partial charge is 0.213 e. The Morgan fingerprint density at radius 3 is 2.50 bits per heavy atom. The van der Waals surface area contributed by atoms with E-state index in [2.05, 4.69) is 42.9 Å². The topological polar surface area (TPSA) is 34.1 Å². The van der Waals surface area contributed by atoms with Gasteiger partial charge in [-0.15, -0.1) is 0 Å². The van der Waals surface area contributed by atoms with Gasteiger partial charge in [0.2, 0.25) is 6.23 Å². The van der Waals surface area contributed by atoms with E-state index in [0.29, 0.717) is 5.02 Å². The molecule has 0 amide bonds. The zero-order valence-corrected chi connectivity index (χ0v) is 19.9. The van der Waals surface area contributed by atoms with Crippen molar-refractivity contribution in [2.24, 2.45) is 5.10 Å². The van der Waals surface area contributed by atoms with Gasteiger partial charge in [0, 0.05) is 27.0 Å². The van der Waals surface area contributed by atoms with Crippen LogP contribution < -0.4 is 9.47 Å². The Morgan fingerprint density at radius 2 is 1.80 bits per heavy atom. The lowest BCUT2D eigenvalue weighted by Gasteiger charge is -2.38. The number of benzene rings is 3. The molecule has 0 saturated heterocycles. The first kappa shape index (κ1) is 19.9. The van der Waals surface area contributed by atoms with Crippen molar-refractivity contribution in [1.29, 1.82) is 0 Å². The van der Waals surface area contributed by atoms with Crippen LogP contribution in [0.1, 0.15) is 35.4 Å². The molecule has 7 heteroatoms. The third-order valence-electron chi connectivity index (χ3n) is 5.39. The molecular weight excluding hydrogens is 532 g/mol. The minimum absolute atomic E-state index is 0.0697. The van der Waals surface area contributed by atoms with Crippen LogP contribution in [0.2, 0.25) is 5.02 Å². The molecule has 2 aliphatic heterocycles. The fourth-order valence-corrected chi connectivity index (χ4v) is 5.40. The van der Waals surface area contributed by atoms with Gasteiger partial charge in [-0.3, -0.25) is 0 Å². The van der Waals surface area contributed by atoms with Gasteiger partial charge < -0.3 is 9.47 Å². The molecule has 0 saturated carbocycles. The molecule has 2 unspecified atom stereocenters. The van der Waals surface area contributed by atoms with Crippen molar-refractivity contribution in [2.75, 3.05) is 7.11 Å². The standard InChI is InChI=1S/C23H17Br2ClN2O2/c1-29-17-8-4-14(5-9-17)23-28-21(18-10-15(24)11-19(25)22(18)30-23)12-20(27-28)13-2-6-16(26)7-3-13/h2-11,21,23H,12H2,1H3. The molecule has 0 bridgehead atoms. The largest absolute Gasteiger partial charge is 0.497 e. The van der Waals surface area contributed by atoms with E-state index < -0.39 is 0 Å². The Bertz CT molecular complexity index is 1130. The quantitative estimate of drug-likeness (QED) is 0.350. The van der Waals surface area contributed by atoms with Gasteiger partial charge in [-0.2, -0.15) is 5.10 Å². The van der Waals surface area contributed by atoms with Crippen molar-refractivity contribution in [1.82, 2.24) is 5.01 Å². The fourth-order valence-electron chi connectivity index (χ4n) is 3.92. The number of hydrogen-bond acceptors (Lipinski definition) is 4. The zero-order valence-electron chi connectivity index (χ0n) is 16.0. The van der Waals surface area contributed by atoms with Gasteiger partial charge >= 0.3 is 0 Å². The SMILES string of the molecule is COc1ccc(C2Oc3c(Br)cc(Br)cc3C3CC(c4ccc(Cl)cc4)=NN32)cc1. The molecule has 0 aromatic heterocycles. The normalized spacial score (nSPS) is 19.6. The van der Waals surface area contributed by atoms with Gasteiger partial charge in [0.05, 0.1) is 23.3 Å². The van der Waals surface area contributed by atoms with E-state index >= 15 is 0 Å². The molecule has 2 atom stereocenters. The van der Waals surface area contributed by atoms with Crippen molar-refractivity contribution >= 4 is 49.2 Å². The van der Waals surface area contributed by atoms with Crippen LogP contribution in [0.4, 0.5) is 0 Å². The second-order valence-corrected chi connectivity index (χ2v) is 9.41. The van der Waals surface area contributed by atoms with Gasteiger partial charge in [-0.25, -0.2) is 5.01 Å². The maximum absolute atomic E-state index is 6.48. The molecule has 0 aliphatic carbocycles. The summed E-state index contributed by atoms with van der Waals surface area (Å²) >= 11 is 13.4. The van der Waals surface area contributed by atoms with E-state index in [0.717, 1.165) is 49.3 Å². The Hall–Kier alpha value is -2.02. The van der Waals surface area contributed by atoms with Crippen molar-refractivity contribution in [3.63, 3.8) is 0 Å². The number of fused-ring (bicyclic) bond motifs is 3. The number of hydrogen-bond donors (Lipinski definition) is 0. The molecule has 4 nitrogen and oxygen atoms in total. The van der Waals surface area contributed by atoms with Crippen molar-refractivity contribution in [3.8, 4) is 11.5 Å². The summed E-state index contributed by atoms with van der Waals surface area (Å²) in [6, 6.07) is 20.0. The molecule has 2 heterocycles. The predicted molar refractivity (Wildman–Crippen MR) is 125 cm³/mol. The summed E-state index contributed by atoms with van der Waals surface area (Å²) in [4.78, 5) is 0. The predicted octanol–water partition coefficient (Wildman–Crippen LogP) is 7.12. The molecule has 3 aromatic carbocycles. The average Bonchev–Trinajstić information content (AvgIpc) is 3.20. The average molecular weight is 549 g/mol. The van der Waals surface area contributed by atoms with Gasteiger partial charge in [0.25, 0.3) is 0 Å². The first-order valence-corrected chi connectivity index (χ1v) is 11.4. The molecule has 0 radical (unpaired) electrons. The monoisotopic (exact) mass is 546 g/mol. The van der Waals surface area contributed by atoms with E-state index in [1.54, 1.807) is 7.11 Å². The third kappa shape index (κ3) is 3.51. The van der Waals surface area contributed by atoms with Crippen LogP contribution in [0.15, 0.2) is 74.7 Å². The summed E-state index contributed by atoms with van der Waals surface area (Å²) in [5.74, 6) is 1.66. The number of ether oxygens (including phenoxy) is 2. The summed E-state index contributed by atoms with van der Waals surface area (Å²) < 4.78 is 13.7. The number of rotatable bonds is 3. The van der Waals surface area contributed by atoms with E-state index in [-0.39, 0.29) is 12.3 Å². The number of nitrogens with zero attached hydrogens (tertiary/aromatic N) is 2. The molecule has 2 aliphatic rings. The van der Waals surface area contributed by atoms with Crippen molar-refractivity contribution in [2.45, 2.75) is 18.7 Å². The van der Waals surface area contributed by atoms with Gasteiger partial charge in [-0.05, 0) is 70.0 Å². The molecule has 0 fully saturated rings. The van der Waals surface area contributed by atoms with Crippen LogP contribution in [0, 0.1) is 0 Å².